The minimum atomic E-state index is -1.48. The molecule has 8 nitrogen and oxygen atoms in total. The van der Waals surface area contributed by atoms with Gasteiger partial charge in [0.1, 0.15) is 12.2 Å². The van der Waals surface area contributed by atoms with Crippen LogP contribution in [0.3, 0.4) is 0 Å². The fraction of sp³-hybridized carbons (Fsp3) is 0.692. The summed E-state index contributed by atoms with van der Waals surface area (Å²) in [5, 5.41) is 0. The summed E-state index contributed by atoms with van der Waals surface area (Å²) in [6, 6.07) is 0. The molecule has 8 heteroatoms. The zero-order valence-electron chi connectivity index (χ0n) is 11.9. The summed E-state index contributed by atoms with van der Waals surface area (Å²) in [5.41, 5.74) is -1.48. The van der Waals surface area contributed by atoms with Crippen LogP contribution >= 0.6 is 0 Å². The van der Waals surface area contributed by atoms with Crippen LogP contribution in [0.1, 0.15) is 33.6 Å². The van der Waals surface area contributed by atoms with Gasteiger partial charge in [0.05, 0.1) is 0 Å². The molecule has 0 aromatic heterocycles. The molecule has 1 aliphatic heterocycles. The number of ether oxygens (including phenoxy) is 4. The van der Waals surface area contributed by atoms with Crippen molar-refractivity contribution in [3.63, 3.8) is 0 Å². The highest BCUT2D eigenvalue weighted by Crippen LogP contribution is 2.43. The van der Waals surface area contributed by atoms with Gasteiger partial charge in [0.15, 0.2) is 6.10 Å². The Hall–Kier alpha value is -2.12. The lowest BCUT2D eigenvalue weighted by Crippen LogP contribution is -2.53. The van der Waals surface area contributed by atoms with Crippen molar-refractivity contribution in [3.8, 4) is 0 Å². The van der Waals surface area contributed by atoms with Crippen LogP contribution < -0.4 is 0 Å². The van der Waals surface area contributed by atoms with E-state index in [4.69, 9.17) is 18.9 Å². The largest absolute Gasteiger partial charge is 0.458 e. The molecule has 0 aromatic carbocycles. The summed E-state index contributed by atoms with van der Waals surface area (Å²) in [6.07, 6.45) is -2.64. The van der Waals surface area contributed by atoms with Crippen LogP contribution in [-0.4, -0.2) is 47.8 Å². The van der Waals surface area contributed by atoms with E-state index in [2.05, 4.69) is 0 Å². The Morgan fingerprint density at radius 1 is 1.05 bits per heavy atom. The van der Waals surface area contributed by atoms with Crippen molar-refractivity contribution in [2.24, 2.45) is 0 Å². The van der Waals surface area contributed by atoms with Gasteiger partial charge in [-0.1, -0.05) is 0 Å². The van der Waals surface area contributed by atoms with Gasteiger partial charge >= 0.3 is 23.9 Å². The van der Waals surface area contributed by atoms with E-state index < -0.39 is 47.8 Å². The van der Waals surface area contributed by atoms with Crippen LogP contribution in [0.25, 0.3) is 0 Å². The molecule has 21 heavy (non-hydrogen) atoms. The second kappa shape index (κ2) is 5.34. The van der Waals surface area contributed by atoms with Crippen molar-refractivity contribution in [1.82, 2.24) is 0 Å². The predicted molar refractivity (Wildman–Crippen MR) is 64.7 cm³/mol. The maximum Gasteiger partial charge on any atom is 0.351 e. The quantitative estimate of drug-likeness (QED) is 0.524. The first kappa shape index (κ1) is 15.3. The van der Waals surface area contributed by atoms with E-state index in [1.807, 2.05) is 0 Å². The molecule has 2 aliphatic rings. The summed E-state index contributed by atoms with van der Waals surface area (Å²) in [7, 11) is 0. The van der Waals surface area contributed by atoms with Crippen LogP contribution in [0.4, 0.5) is 0 Å². The summed E-state index contributed by atoms with van der Waals surface area (Å²) in [4.78, 5) is 45.6. The smallest absolute Gasteiger partial charge is 0.351 e. The molecule has 1 saturated carbocycles. The summed E-state index contributed by atoms with van der Waals surface area (Å²) in [5.74, 6) is -2.53. The van der Waals surface area contributed by atoms with Crippen LogP contribution in [0, 0.1) is 0 Å². The van der Waals surface area contributed by atoms with Crippen molar-refractivity contribution in [2.45, 2.75) is 57.5 Å². The number of hydrogen-bond donors (Lipinski definition) is 0. The molecule has 0 aromatic rings. The number of fused-ring (bicyclic) bond motifs is 2. The molecular formula is C13H16O8. The predicted octanol–water partition coefficient (Wildman–Crippen LogP) is -0.129. The van der Waals surface area contributed by atoms with E-state index in [1.54, 1.807) is 0 Å². The van der Waals surface area contributed by atoms with E-state index in [9.17, 15) is 19.2 Å². The topological polar surface area (TPSA) is 105 Å². The molecule has 0 N–H and O–H groups in total. The van der Waals surface area contributed by atoms with E-state index in [1.165, 1.54) is 20.8 Å². The number of hydrogen-bond acceptors (Lipinski definition) is 8. The Morgan fingerprint density at radius 3 is 2.19 bits per heavy atom. The standard InChI is InChI=1S/C13H16O8/c1-6(14)18-9-4-13(21-8(3)16)5-10(20-12(13)17)11(9)19-7(2)15/h9-11H,4-5H2,1-3H3/t9-,10-,11+,13-/m1/s1. The average Bonchev–Trinajstić information content (AvgIpc) is 2.56. The number of carbonyl (C=O) groups is 4. The molecule has 0 radical (unpaired) electrons. The van der Waals surface area contributed by atoms with Gasteiger partial charge in [-0.15, -0.1) is 0 Å². The first-order valence-electron chi connectivity index (χ1n) is 6.48. The molecule has 1 aliphatic carbocycles. The van der Waals surface area contributed by atoms with Gasteiger partial charge in [0, 0.05) is 33.6 Å². The van der Waals surface area contributed by atoms with Gasteiger partial charge in [-0.05, 0) is 0 Å². The molecule has 0 spiro atoms. The lowest BCUT2D eigenvalue weighted by atomic mass is 9.81. The molecule has 0 amide bonds. The molecule has 2 bridgehead atoms. The zero-order chi connectivity index (χ0) is 15.8. The first-order chi connectivity index (χ1) is 9.73. The molecule has 4 atom stereocenters. The van der Waals surface area contributed by atoms with Gasteiger partial charge < -0.3 is 18.9 Å². The van der Waals surface area contributed by atoms with E-state index in [-0.39, 0.29) is 12.8 Å². The fourth-order valence-electron chi connectivity index (χ4n) is 2.79. The molecule has 0 unspecified atom stereocenters. The van der Waals surface area contributed by atoms with Crippen LogP contribution in [0.5, 0.6) is 0 Å². The lowest BCUT2D eigenvalue weighted by Gasteiger charge is -2.36. The number of rotatable bonds is 3. The van der Waals surface area contributed by atoms with Crippen molar-refractivity contribution >= 4 is 23.9 Å². The Labute approximate surface area is 120 Å². The number of carbonyl (C=O) groups excluding carboxylic acids is 4. The molecule has 2 rings (SSSR count). The molecule has 1 saturated heterocycles. The summed E-state index contributed by atoms with van der Waals surface area (Å²) in [6.45, 7) is 3.58. The van der Waals surface area contributed by atoms with E-state index >= 15 is 0 Å². The lowest BCUT2D eigenvalue weighted by molar-refractivity contribution is -0.187. The Balaban J connectivity index is 2.28. The minimum absolute atomic E-state index is 0.0706. The monoisotopic (exact) mass is 300 g/mol. The van der Waals surface area contributed by atoms with Crippen molar-refractivity contribution in [3.05, 3.63) is 0 Å². The second-order valence-corrected chi connectivity index (χ2v) is 5.16. The van der Waals surface area contributed by atoms with Gasteiger partial charge in [0.25, 0.3) is 0 Å². The van der Waals surface area contributed by atoms with Gasteiger partial charge in [-0.3, -0.25) is 14.4 Å². The van der Waals surface area contributed by atoms with Gasteiger partial charge in [-0.2, -0.15) is 0 Å². The average molecular weight is 300 g/mol. The Kier molecular flexibility index (Phi) is 3.89. The molecule has 1 heterocycles. The summed E-state index contributed by atoms with van der Waals surface area (Å²) < 4.78 is 20.4. The third kappa shape index (κ3) is 2.98. The number of esters is 4. The zero-order valence-corrected chi connectivity index (χ0v) is 11.9. The van der Waals surface area contributed by atoms with Crippen LogP contribution in [0.2, 0.25) is 0 Å². The molecule has 2 fully saturated rings. The molecule has 116 valence electrons. The highest BCUT2D eigenvalue weighted by molar-refractivity contribution is 5.85. The normalized spacial score (nSPS) is 33.9. The third-order valence-corrected chi connectivity index (χ3v) is 3.38. The molecular weight excluding hydrogens is 284 g/mol. The Morgan fingerprint density at radius 2 is 1.67 bits per heavy atom. The maximum absolute atomic E-state index is 12.0. The van der Waals surface area contributed by atoms with Crippen molar-refractivity contribution in [2.75, 3.05) is 0 Å². The van der Waals surface area contributed by atoms with Crippen molar-refractivity contribution in [1.29, 1.82) is 0 Å². The first-order valence-corrected chi connectivity index (χ1v) is 6.48. The van der Waals surface area contributed by atoms with Crippen LogP contribution in [-0.2, 0) is 38.1 Å². The van der Waals surface area contributed by atoms with Crippen molar-refractivity contribution < 1.29 is 38.1 Å². The minimum Gasteiger partial charge on any atom is -0.458 e. The third-order valence-electron chi connectivity index (χ3n) is 3.38. The fourth-order valence-corrected chi connectivity index (χ4v) is 2.79. The highest BCUT2D eigenvalue weighted by atomic mass is 16.6. The Bertz CT molecular complexity index is 498. The maximum atomic E-state index is 12.0. The van der Waals surface area contributed by atoms with Crippen LogP contribution in [0.15, 0.2) is 0 Å². The summed E-state index contributed by atoms with van der Waals surface area (Å²) >= 11 is 0. The van der Waals surface area contributed by atoms with E-state index in [0.29, 0.717) is 0 Å². The van der Waals surface area contributed by atoms with Gasteiger partial charge in [0.2, 0.25) is 5.60 Å². The second-order valence-electron chi connectivity index (χ2n) is 5.16. The van der Waals surface area contributed by atoms with Gasteiger partial charge in [-0.25, -0.2) is 4.79 Å². The van der Waals surface area contributed by atoms with E-state index in [0.717, 1.165) is 0 Å². The SMILES string of the molecule is CC(=O)O[C@H]1[C@H](OC(C)=O)C[C@@]2(OC(C)=O)C[C@H]1OC2=O. The highest BCUT2D eigenvalue weighted by Gasteiger charge is 2.63.